The number of fused-ring (bicyclic) bond motifs is 4. The highest BCUT2D eigenvalue weighted by Crippen LogP contribution is 2.40. The molecule has 3 nitrogen and oxygen atoms in total. The number of benzene rings is 4. The molecule has 3 heterocycles. The number of furan rings is 1. The van der Waals surface area contributed by atoms with E-state index in [4.69, 9.17) is 4.42 Å². The number of hydrogen-bond donors (Lipinski definition) is 0. The highest BCUT2D eigenvalue weighted by atomic mass is 19.4. The number of aromatic nitrogens is 2. The van der Waals surface area contributed by atoms with Gasteiger partial charge in [0.05, 0.1) is 16.8 Å². The van der Waals surface area contributed by atoms with Gasteiger partial charge in [-0.25, -0.2) is 4.98 Å². The maximum absolute atomic E-state index is 13.4. The molecular weight excluding hydrogens is 566 g/mol. The summed E-state index contributed by atoms with van der Waals surface area (Å²) in [7, 11) is 0. The predicted molar refractivity (Wildman–Crippen MR) is 153 cm³/mol. The number of pyridine rings is 2. The summed E-state index contributed by atoms with van der Waals surface area (Å²) in [6, 6.07) is 25.4. The van der Waals surface area contributed by atoms with Crippen molar-refractivity contribution in [1.29, 1.82) is 0 Å². The van der Waals surface area contributed by atoms with Gasteiger partial charge in [0.25, 0.3) is 0 Å². The topological polar surface area (TPSA) is 38.9 Å². The molecule has 0 N–H and O–H groups in total. The lowest BCUT2D eigenvalue weighted by atomic mass is 9.95. The van der Waals surface area contributed by atoms with Crippen LogP contribution in [0.25, 0.3) is 66.4 Å². The Labute approximate surface area is 240 Å². The second-order valence-electron chi connectivity index (χ2n) is 10.1. The van der Waals surface area contributed by atoms with Crippen molar-refractivity contribution in [1.82, 2.24) is 9.97 Å². The van der Waals surface area contributed by atoms with Crippen molar-refractivity contribution < 1.29 is 30.8 Å². The van der Waals surface area contributed by atoms with Gasteiger partial charge in [-0.15, -0.1) is 0 Å². The Morgan fingerprint density at radius 3 is 1.79 bits per heavy atom. The van der Waals surface area contributed by atoms with Gasteiger partial charge < -0.3 is 4.42 Å². The molecule has 0 aliphatic carbocycles. The van der Waals surface area contributed by atoms with E-state index in [9.17, 15) is 26.3 Å². The maximum atomic E-state index is 13.4. The van der Waals surface area contributed by atoms with Crippen LogP contribution in [0.2, 0.25) is 0 Å². The maximum Gasteiger partial charge on any atom is 0.416 e. The Balaban J connectivity index is 1.22. The largest absolute Gasteiger partial charge is 0.437 e. The summed E-state index contributed by atoms with van der Waals surface area (Å²) < 4.78 is 86.2. The monoisotopic (exact) mass is 584 g/mol. The molecule has 0 saturated carbocycles. The van der Waals surface area contributed by atoms with Crippen LogP contribution in [0.3, 0.4) is 0 Å². The van der Waals surface area contributed by atoms with Gasteiger partial charge in [-0.05, 0) is 82.1 Å². The summed E-state index contributed by atoms with van der Waals surface area (Å²) in [5.41, 5.74) is 1.87. The Kier molecular flexibility index (Phi) is 6.02. The summed E-state index contributed by atoms with van der Waals surface area (Å²) in [4.78, 5) is 8.98. The lowest BCUT2D eigenvalue weighted by Crippen LogP contribution is -2.11. The number of hydrogen-bond acceptors (Lipinski definition) is 3. The van der Waals surface area contributed by atoms with Crippen LogP contribution in [0, 0.1) is 0 Å². The second kappa shape index (κ2) is 9.69. The van der Waals surface area contributed by atoms with Crippen molar-refractivity contribution in [2.24, 2.45) is 0 Å². The fourth-order valence-corrected chi connectivity index (χ4v) is 5.28. The average Bonchev–Trinajstić information content (AvgIpc) is 3.38. The summed E-state index contributed by atoms with van der Waals surface area (Å²) in [5.74, 6) is 0. The molecule has 7 rings (SSSR count). The minimum Gasteiger partial charge on any atom is -0.437 e. The molecular formula is C34H18F6N2O. The second-order valence-corrected chi connectivity index (χ2v) is 10.1. The number of alkyl halides is 6. The minimum absolute atomic E-state index is 0.129. The molecule has 4 aromatic carbocycles. The van der Waals surface area contributed by atoms with E-state index in [1.165, 1.54) is 6.07 Å². The Morgan fingerprint density at radius 1 is 0.535 bits per heavy atom. The van der Waals surface area contributed by atoms with Gasteiger partial charge in [-0.3, -0.25) is 4.98 Å². The van der Waals surface area contributed by atoms with E-state index in [2.05, 4.69) is 9.97 Å². The van der Waals surface area contributed by atoms with Crippen molar-refractivity contribution in [2.75, 3.05) is 0 Å². The summed E-state index contributed by atoms with van der Waals surface area (Å²) >= 11 is 0. The van der Waals surface area contributed by atoms with E-state index < -0.39 is 23.5 Å². The zero-order valence-electron chi connectivity index (χ0n) is 22.0. The normalized spacial score (nSPS) is 12.4. The third kappa shape index (κ3) is 4.86. The number of nitrogens with zero attached hydrogens (tertiary/aromatic N) is 2. The third-order valence-corrected chi connectivity index (χ3v) is 7.41. The van der Waals surface area contributed by atoms with E-state index in [0.717, 1.165) is 50.7 Å². The van der Waals surface area contributed by atoms with E-state index in [1.807, 2.05) is 54.6 Å². The lowest BCUT2D eigenvalue weighted by Gasteiger charge is -2.15. The standard InChI is InChI=1S/C34H18F6N2O/c35-33(36,37)25-15-24(16-26(17-25)34(38,39)40)22-9-7-19-13-21(8-6-20(19)14-22)23-10-11-30(42-18-23)29-4-1-3-27-28-5-2-12-41-32(28)43-31(27)29/h1-18H. The molecule has 0 bridgehead atoms. The zero-order chi connectivity index (χ0) is 29.9. The molecule has 0 unspecified atom stereocenters. The van der Waals surface area contributed by atoms with Crippen LogP contribution in [-0.2, 0) is 12.4 Å². The van der Waals surface area contributed by atoms with Crippen LogP contribution in [0.4, 0.5) is 26.3 Å². The Hall–Kier alpha value is -5.18. The predicted octanol–water partition coefficient (Wildman–Crippen LogP) is 10.6. The molecule has 0 atom stereocenters. The van der Waals surface area contributed by atoms with Crippen LogP contribution in [0.15, 0.2) is 114 Å². The van der Waals surface area contributed by atoms with Gasteiger partial charge in [0.15, 0.2) is 0 Å². The van der Waals surface area contributed by atoms with Crippen LogP contribution >= 0.6 is 0 Å². The van der Waals surface area contributed by atoms with E-state index in [1.54, 1.807) is 30.6 Å². The minimum atomic E-state index is -4.92. The smallest absolute Gasteiger partial charge is 0.416 e. The molecule has 0 aliphatic rings. The van der Waals surface area contributed by atoms with Crippen LogP contribution in [-0.4, -0.2) is 9.97 Å². The van der Waals surface area contributed by atoms with Crippen LogP contribution in [0.5, 0.6) is 0 Å². The van der Waals surface area contributed by atoms with Crippen molar-refractivity contribution in [2.45, 2.75) is 12.4 Å². The molecule has 7 aromatic rings. The van der Waals surface area contributed by atoms with Crippen molar-refractivity contribution in [3.05, 3.63) is 121 Å². The molecule has 0 radical (unpaired) electrons. The number of para-hydroxylation sites is 1. The molecule has 43 heavy (non-hydrogen) atoms. The first-order chi connectivity index (χ1) is 20.5. The fraction of sp³-hybridized carbons (Fsp3) is 0.0588. The van der Waals surface area contributed by atoms with Crippen LogP contribution < -0.4 is 0 Å². The molecule has 0 amide bonds. The van der Waals surface area contributed by atoms with Gasteiger partial charge in [0.1, 0.15) is 5.58 Å². The lowest BCUT2D eigenvalue weighted by molar-refractivity contribution is -0.143. The van der Waals surface area contributed by atoms with Crippen LogP contribution in [0.1, 0.15) is 11.1 Å². The summed E-state index contributed by atoms with van der Waals surface area (Å²) in [6.07, 6.45) is -6.41. The first-order valence-electron chi connectivity index (χ1n) is 13.1. The molecule has 0 spiro atoms. The van der Waals surface area contributed by atoms with E-state index in [-0.39, 0.29) is 17.2 Å². The highest BCUT2D eigenvalue weighted by Gasteiger charge is 2.37. The van der Waals surface area contributed by atoms with E-state index in [0.29, 0.717) is 16.7 Å². The van der Waals surface area contributed by atoms with Gasteiger partial charge in [-0.2, -0.15) is 26.3 Å². The average molecular weight is 585 g/mol. The molecule has 0 fully saturated rings. The highest BCUT2D eigenvalue weighted by molar-refractivity contribution is 6.08. The number of rotatable bonds is 3. The molecule has 0 saturated heterocycles. The third-order valence-electron chi connectivity index (χ3n) is 7.41. The quantitative estimate of drug-likeness (QED) is 0.194. The Morgan fingerprint density at radius 2 is 1.16 bits per heavy atom. The fourth-order valence-electron chi connectivity index (χ4n) is 5.28. The first kappa shape index (κ1) is 26.7. The van der Waals surface area contributed by atoms with Gasteiger partial charge >= 0.3 is 12.4 Å². The van der Waals surface area contributed by atoms with Crippen molar-refractivity contribution in [3.8, 4) is 33.5 Å². The molecule has 212 valence electrons. The van der Waals surface area contributed by atoms with Gasteiger partial charge in [0, 0.05) is 34.3 Å². The zero-order valence-corrected chi connectivity index (χ0v) is 22.0. The summed E-state index contributed by atoms with van der Waals surface area (Å²) in [6.45, 7) is 0. The molecule has 0 aliphatic heterocycles. The van der Waals surface area contributed by atoms with E-state index >= 15 is 0 Å². The first-order valence-corrected chi connectivity index (χ1v) is 13.1. The summed E-state index contributed by atoms with van der Waals surface area (Å²) in [5, 5.41) is 3.30. The molecule has 3 aromatic heterocycles. The van der Waals surface area contributed by atoms with Gasteiger partial charge in [0.2, 0.25) is 5.71 Å². The Bertz CT molecular complexity index is 2130. The molecule has 9 heteroatoms. The van der Waals surface area contributed by atoms with Crippen molar-refractivity contribution >= 4 is 32.8 Å². The van der Waals surface area contributed by atoms with Gasteiger partial charge in [-0.1, -0.05) is 42.5 Å². The SMILES string of the molecule is FC(F)(F)c1cc(-c2ccc3cc(-c4ccc(-c5cccc6c5oc5ncccc56)nc4)ccc3c2)cc(C(F)(F)F)c1. The number of halogens is 6. The van der Waals surface area contributed by atoms with Crippen molar-refractivity contribution in [3.63, 3.8) is 0 Å².